The summed E-state index contributed by atoms with van der Waals surface area (Å²) in [6.07, 6.45) is 2.96. The third-order valence-corrected chi connectivity index (χ3v) is 5.93. The van der Waals surface area contributed by atoms with Crippen LogP contribution in [0.3, 0.4) is 0 Å². The van der Waals surface area contributed by atoms with Gasteiger partial charge in [0.15, 0.2) is 0 Å². The van der Waals surface area contributed by atoms with Crippen LogP contribution in [0.2, 0.25) is 0 Å². The van der Waals surface area contributed by atoms with Gasteiger partial charge in [-0.1, -0.05) is 22.4 Å². The van der Waals surface area contributed by atoms with Gasteiger partial charge in [0.2, 0.25) is 10.0 Å². The monoisotopic (exact) mass is 353 g/mol. The Kier molecular flexibility index (Phi) is 4.58. The molecule has 1 N–H and O–H groups in total. The van der Waals surface area contributed by atoms with Crippen molar-refractivity contribution in [2.75, 3.05) is 6.54 Å². The normalized spacial score (nSPS) is 23.7. The van der Waals surface area contributed by atoms with Crippen molar-refractivity contribution in [1.29, 1.82) is 0 Å². The van der Waals surface area contributed by atoms with Crippen LogP contribution in [0, 0.1) is 17.6 Å². The minimum atomic E-state index is -4.01. The second-order valence-electron chi connectivity index (χ2n) is 4.63. The molecule has 1 aromatic rings. The quantitative estimate of drug-likeness (QED) is 0.846. The molecule has 0 spiro atoms. The number of hydrogen-bond acceptors (Lipinski definition) is 2. The highest BCUT2D eigenvalue weighted by atomic mass is 79.9. The molecule has 106 valence electrons. The van der Waals surface area contributed by atoms with Crippen LogP contribution in [0.25, 0.3) is 0 Å². The van der Waals surface area contributed by atoms with Crippen LogP contribution in [0.15, 0.2) is 23.1 Å². The first-order valence-corrected chi connectivity index (χ1v) is 8.39. The van der Waals surface area contributed by atoms with E-state index in [-0.39, 0.29) is 17.3 Å². The minimum Gasteiger partial charge on any atom is -0.211 e. The number of alkyl halides is 1. The van der Waals surface area contributed by atoms with E-state index in [0.717, 1.165) is 31.4 Å². The van der Waals surface area contributed by atoms with Gasteiger partial charge in [0.05, 0.1) is 0 Å². The third kappa shape index (κ3) is 3.52. The fraction of sp³-hybridized carbons (Fsp3) is 0.500. The van der Waals surface area contributed by atoms with Gasteiger partial charge in [-0.05, 0) is 37.0 Å². The van der Waals surface area contributed by atoms with Crippen molar-refractivity contribution in [2.24, 2.45) is 5.92 Å². The number of nitrogens with one attached hydrogen (secondary N) is 1. The SMILES string of the molecule is O=S(=O)(NCC1CCCC1Br)c1cc(F)ccc1F. The molecule has 1 aliphatic carbocycles. The number of halogens is 3. The zero-order valence-corrected chi connectivity index (χ0v) is 12.5. The zero-order valence-electron chi connectivity index (χ0n) is 10.1. The van der Waals surface area contributed by atoms with Gasteiger partial charge in [-0.3, -0.25) is 0 Å². The van der Waals surface area contributed by atoms with Gasteiger partial charge in [0.25, 0.3) is 0 Å². The molecule has 1 aromatic carbocycles. The Morgan fingerprint density at radius 3 is 2.68 bits per heavy atom. The molecule has 1 saturated carbocycles. The van der Waals surface area contributed by atoms with E-state index in [1.54, 1.807) is 0 Å². The molecular formula is C12H14BrF2NO2S. The predicted octanol–water partition coefficient (Wildman–Crippen LogP) is 2.81. The van der Waals surface area contributed by atoms with Crippen LogP contribution in [0.1, 0.15) is 19.3 Å². The minimum absolute atomic E-state index is 0.186. The highest BCUT2D eigenvalue weighted by molar-refractivity contribution is 9.09. The first-order valence-electron chi connectivity index (χ1n) is 5.99. The highest BCUT2D eigenvalue weighted by Gasteiger charge is 2.27. The Balaban J connectivity index is 2.12. The lowest BCUT2D eigenvalue weighted by atomic mass is 10.1. The van der Waals surface area contributed by atoms with Crippen molar-refractivity contribution in [1.82, 2.24) is 4.72 Å². The smallest absolute Gasteiger partial charge is 0.211 e. The van der Waals surface area contributed by atoms with Crippen LogP contribution in [0.5, 0.6) is 0 Å². The van der Waals surface area contributed by atoms with Gasteiger partial charge in [0.1, 0.15) is 16.5 Å². The Hall–Kier alpha value is -0.530. The molecular weight excluding hydrogens is 340 g/mol. The third-order valence-electron chi connectivity index (χ3n) is 3.28. The largest absolute Gasteiger partial charge is 0.243 e. The van der Waals surface area contributed by atoms with Crippen molar-refractivity contribution in [3.63, 3.8) is 0 Å². The van der Waals surface area contributed by atoms with E-state index < -0.39 is 26.6 Å². The summed E-state index contributed by atoms with van der Waals surface area (Å²) >= 11 is 3.49. The first kappa shape index (κ1) is 14.9. The summed E-state index contributed by atoms with van der Waals surface area (Å²) in [5, 5.41) is 0. The number of benzene rings is 1. The number of hydrogen-bond donors (Lipinski definition) is 1. The van der Waals surface area contributed by atoms with Crippen LogP contribution in [-0.2, 0) is 10.0 Å². The van der Waals surface area contributed by atoms with Gasteiger partial charge in [-0.25, -0.2) is 21.9 Å². The Morgan fingerprint density at radius 1 is 1.32 bits per heavy atom. The molecule has 0 aromatic heterocycles. The van der Waals surface area contributed by atoms with E-state index >= 15 is 0 Å². The van der Waals surface area contributed by atoms with Crippen molar-refractivity contribution in [3.8, 4) is 0 Å². The predicted molar refractivity (Wildman–Crippen MR) is 71.6 cm³/mol. The lowest BCUT2D eigenvalue weighted by Crippen LogP contribution is -2.31. The Morgan fingerprint density at radius 2 is 2.05 bits per heavy atom. The summed E-state index contributed by atoms with van der Waals surface area (Å²) in [4.78, 5) is -0.371. The van der Waals surface area contributed by atoms with E-state index in [9.17, 15) is 17.2 Å². The molecule has 1 aliphatic rings. The lowest BCUT2D eigenvalue weighted by Gasteiger charge is -2.15. The van der Waals surface area contributed by atoms with Crippen LogP contribution >= 0.6 is 15.9 Å². The summed E-state index contributed by atoms with van der Waals surface area (Å²) in [7, 11) is -4.01. The maximum atomic E-state index is 13.4. The van der Waals surface area contributed by atoms with Crippen molar-refractivity contribution in [2.45, 2.75) is 29.0 Å². The van der Waals surface area contributed by atoms with Gasteiger partial charge in [-0.15, -0.1) is 0 Å². The molecule has 0 saturated heterocycles. The van der Waals surface area contributed by atoms with Crippen LogP contribution in [0.4, 0.5) is 8.78 Å². The summed E-state index contributed by atoms with van der Waals surface area (Å²) in [5.41, 5.74) is 0. The van der Waals surface area contributed by atoms with Gasteiger partial charge in [-0.2, -0.15) is 0 Å². The topological polar surface area (TPSA) is 46.2 Å². The molecule has 2 atom stereocenters. The molecule has 7 heteroatoms. The fourth-order valence-electron chi connectivity index (χ4n) is 2.20. The molecule has 0 amide bonds. The number of rotatable bonds is 4. The van der Waals surface area contributed by atoms with E-state index in [2.05, 4.69) is 20.7 Å². The molecule has 19 heavy (non-hydrogen) atoms. The van der Waals surface area contributed by atoms with Gasteiger partial charge < -0.3 is 0 Å². The molecule has 2 rings (SSSR count). The summed E-state index contributed by atoms with van der Waals surface area (Å²) in [6.45, 7) is 0.230. The Bertz CT molecular complexity index is 565. The molecule has 0 aliphatic heterocycles. The fourth-order valence-corrected chi connectivity index (χ4v) is 4.16. The number of sulfonamides is 1. The second kappa shape index (κ2) is 5.85. The summed E-state index contributed by atoms with van der Waals surface area (Å²) in [5.74, 6) is -1.54. The molecule has 1 fully saturated rings. The highest BCUT2D eigenvalue weighted by Crippen LogP contribution is 2.31. The molecule has 0 heterocycles. The average Bonchev–Trinajstić information content (AvgIpc) is 2.75. The maximum Gasteiger partial charge on any atom is 0.243 e. The van der Waals surface area contributed by atoms with Crippen molar-refractivity contribution >= 4 is 26.0 Å². The van der Waals surface area contributed by atoms with Crippen molar-refractivity contribution < 1.29 is 17.2 Å². The van der Waals surface area contributed by atoms with E-state index in [4.69, 9.17) is 0 Å². The average molecular weight is 354 g/mol. The zero-order chi connectivity index (χ0) is 14.0. The molecule has 0 bridgehead atoms. The van der Waals surface area contributed by atoms with Crippen LogP contribution < -0.4 is 4.72 Å². The standard InChI is InChI=1S/C12H14BrF2NO2S/c13-10-3-1-2-8(10)7-16-19(17,18)12-6-9(14)4-5-11(12)15/h4-6,8,10,16H,1-3,7H2. The van der Waals surface area contributed by atoms with Gasteiger partial charge >= 0.3 is 0 Å². The molecule has 2 unspecified atom stereocenters. The Labute approximate surface area is 119 Å². The van der Waals surface area contributed by atoms with E-state index in [0.29, 0.717) is 6.07 Å². The summed E-state index contributed by atoms with van der Waals surface area (Å²) < 4.78 is 52.7. The van der Waals surface area contributed by atoms with Crippen molar-refractivity contribution in [3.05, 3.63) is 29.8 Å². The second-order valence-corrected chi connectivity index (χ2v) is 7.55. The van der Waals surface area contributed by atoms with Crippen LogP contribution in [-0.4, -0.2) is 19.8 Å². The first-order chi connectivity index (χ1) is 8.90. The summed E-state index contributed by atoms with van der Waals surface area (Å²) in [6, 6.07) is 2.39. The lowest BCUT2D eigenvalue weighted by molar-refractivity contribution is 0.518. The van der Waals surface area contributed by atoms with E-state index in [1.807, 2.05) is 0 Å². The van der Waals surface area contributed by atoms with Gasteiger partial charge in [0, 0.05) is 11.4 Å². The molecule has 0 radical (unpaired) electrons. The maximum absolute atomic E-state index is 13.4. The van der Waals surface area contributed by atoms with E-state index in [1.165, 1.54) is 0 Å². The molecule has 3 nitrogen and oxygen atoms in total.